The van der Waals surface area contributed by atoms with Crippen molar-refractivity contribution in [2.24, 2.45) is 0 Å². The van der Waals surface area contributed by atoms with E-state index in [0.717, 1.165) is 111 Å². The van der Waals surface area contributed by atoms with Crippen molar-refractivity contribution < 1.29 is 20.1 Å². The van der Waals surface area contributed by atoms with Gasteiger partial charge < -0.3 is 13.7 Å². The van der Waals surface area contributed by atoms with Crippen molar-refractivity contribution >= 4 is 0 Å². The van der Waals surface area contributed by atoms with E-state index >= 15 is 0 Å². The maximum absolute atomic E-state index is 4.94. The molecule has 0 aliphatic heterocycles. The van der Waals surface area contributed by atoms with Crippen LogP contribution >= 0.6 is 0 Å². The maximum atomic E-state index is 4.94. The fourth-order valence-corrected chi connectivity index (χ4v) is 15.8. The Labute approximate surface area is 629 Å². The Balaban J connectivity index is 0.00001000. The molecule has 0 amide bonds. The van der Waals surface area contributed by atoms with Gasteiger partial charge in [-0.2, -0.15) is 0 Å². The van der Waals surface area contributed by atoms with Crippen LogP contribution in [0.5, 0.6) is 0 Å². The molecule has 0 saturated carbocycles. The molecule has 0 fully saturated rings. The first kappa shape index (κ1) is 74.0. The molecular formula is C96H105IrN6. The Morgan fingerprint density at radius 2 is 0.485 bits per heavy atom. The molecule has 0 radical (unpaired) electrons. The van der Waals surface area contributed by atoms with Crippen molar-refractivity contribution in [3.8, 4) is 84.6 Å². The van der Waals surface area contributed by atoms with Crippen LogP contribution in [0.2, 0.25) is 0 Å². The maximum Gasteiger partial charge on any atom is 3.00 e. The van der Waals surface area contributed by atoms with Crippen molar-refractivity contribution in [2.75, 3.05) is 0 Å². The monoisotopic (exact) mass is 1530 g/mol. The topological polar surface area (TPSA) is 53.5 Å². The molecule has 12 aromatic rings. The van der Waals surface area contributed by atoms with Crippen molar-refractivity contribution in [3.05, 3.63) is 286 Å². The minimum absolute atomic E-state index is 0. The normalized spacial score (nSPS) is 13.7. The number of benzene rings is 9. The number of aryl methyl sites for hydroxylation is 6. The number of nitrogens with zero attached hydrogens (tertiary/aromatic N) is 6. The van der Waals surface area contributed by atoms with E-state index in [9.17, 15) is 0 Å². The molecular weight excluding hydrogens is 1430 g/mol. The Hall–Kier alpha value is -8.74. The summed E-state index contributed by atoms with van der Waals surface area (Å²) in [6, 6.07) is 73.0. The van der Waals surface area contributed by atoms with Crippen molar-refractivity contribution in [1.29, 1.82) is 0 Å². The summed E-state index contributed by atoms with van der Waals surface area (Å²) in [6.07, 6.45) is 29.1. The Morgan fingerprint density at radius 3 is 0.680 bits per heavy atom. The van der Waals surface area contributed by atoms with E-state index in [1.54, 1.807) is 0 Å². The molecule has 0 spiro atoms. The largest absolute Gasteiger partial charge is 3.00 e. The molecule has 1 aliphatic carbocycles. The molecule has 0 atom stereocenters. The predicted molar refractivity (Wildman–Crippen MR) is 428 cm³/mol. The van der Waals surface area contributed by atoms with Crippen LogP contribution in [-0.2, 0) is 58.6 Å². The molecule has 528 valence electrons. The Morgan fingerprint density at radius 1 is 0.272 bits per heavy atom. The second kappa shape index (κ2) is 33.8. The molecule has 3 heterocycles. The average molecular weight is 1540 g/mol. The second-order valence-corrected chi connectivity index (χ2v) is 30.9. The molecule has 7 heteroatoms. The van der Waals surface area contributed by atoms with Gasteiger partial charge in [-0.15, -0.1) is 108 Å². The van der Waals surface area contributed by atoms with Crippen LogP contribution in [0.4, 0.5) is 0 Å². The minimum atomic E-state index is 0. The third kappa shape index (κ3) is 17.1. The van der Waals surface area contributed by atoms with Gasteiger partial charge in [0.15, 0.2) is 0 Å². The van der Waals surface area contributed by atoms with E-state index in [2.05, 4.69) is 261 Å². The number of imidazole rings is 3. The van der Waals surface area contributed by atoms with Gasteiger partial charge in [-0.1, -0.05) is 157 Å². The van der Waals surface area contributed by atoms with Gasteiger partial charge in [0.25, 0.3) is 0 Å². The third-order valence-corrected chi connectivity index (χ3v) is 21.2. The Bertz CT molecular complexity index is 4160. The summed E-state index contributed by atoms with van der Waals surface area (Å²) in [7, 11) is 0. The van der Waals surface area contributed by atoms with Crippen LogP contribution in [0.1, 0.15) is 243 Å². The van der Waals surface area contributed by atoms with Crippen LogP contribution in [0.3, 0.4) is 0 Å². The summed E-state index contributed by atoms with van der Waals surface area (Å²) in [5, 5.41) is 0. The zero-order valence-corrected chi connectivity index (χ0v) is 65.5. The van der Waals surface area contributed by atoms with Gasteiger partial charge in [-0.3, -0.25) is 15.0 Å². The van der Waals surface area contributed by atoms with Gasteiger partial charge in [0.1, 0.15) is 0 Å². The molecule has 3 aromatic heterocycles. The van der Waals surface area contributed by atoms with Crippen LogP contribution in [0.15, 0.2) is 201 Å². The number of hydrogen-bond donors (Lipinski definition) is 0. The standard InChI is InChI=1S/C96H105N6.Ir/c1-64(2)85-58-82(59-86(65(3)4)91(85)100-46-43-97-94(100)76-37-25-16-26-38-76)79-52-70-31-19-13-21-33-72-50-74(56-80(54-72)83-60-87(66(5)6)92(88(61-83)67(7)8)101-47-44-98-95(101)77-39-27-17-28-40-77)35-23-15-24-36-75-51-73(34-22-14-20-32-71(49-70)53-79)55-81(57-75)84-62-89(68(9)10)93(90(63-84)69(11)12)102-48-45-99-96(102)78-41-29-18-30-42-78;/h16-18,25-30,37,39,41,43-69H,13-15,19-24,31-36H2,1-12H3;/q-3;+3. The molecule has 0 saturated heterocycles. The smallest absolute Gasteiger partial charge is 0.340 e. The molecule has 0 N–H and O–H groups in total. The molecule has 6 bridgehead atoms. The van der Waals surface area contributed by atoms with E-state index in [-0.39, 0.29) is 20.1 Å². The van der Waals surface area contributed by atoms with Crippen molar-refractivity contribution in [3.63, 3.8) is 0 Å². The predicted octanol–water partition coefficient (Wildman–Crippen LogP) is 25.6. The first-order valence-corrected chi connectivity index (χ1v) is 38.5. The molecule has 9 aromatic carbocycles. The summed E-state index contributed by atoms with van der Waals surface area (Å²) in [6.45, 7) is 28.2. The molecule has 103 heavy (non-hydrogen) atoms. The summed E-state index contributed by atoms with van der Waals surface area (Å²) >= 11 is 0. The summed E-state index contributed by atoms with van der Waals surface area (Å²) < 4.78 is 6.97. The summed E-state index contributed by atoms with van der Waals surface area (Å²) in [5.74, 6) is 4.52. The SMILES string of the molecule is CC(C)c1cc(-c2cc3cc(c2)CCCCCc2cc(cc(-c4cc(C(C)C)c(-n5ccnc5-c5[c-]cccc5)c(C(C)C)c4)c2)CCCCCc2cc(cc(-c4cc(C(C)C)c(-n5ccnc5-c5[c-]cccc5)c(C(C)C)c4)c2)CCCCC3)cc(C(C)C)c1-n1ccnc1-c1[c-]cccc1.[Ir+3]. The zero-order valence-electron chi connectivity index (χ0n) is 63.1. The van der Waals surface area contributed by atoms with Gasteiger partial charge in [-0.25, -0.2) is 0 Å². The van der Waals surface area contributed by atoms with Gasteiger partial charge in [0.2, 0.25) is 0 Å². The summed E-state index contributed by atoms with van der Waals surface area (Å²) in [5.41, 5.74) is 31.4. The molecule has 6 nitrogen and oxygen atoms in total. The van der Waals surface area contributed by atoms with E-state index in [0.29, 0.717) is 35.5 Å². The quantitative estimate of drug-likeness (QED) is 0.0961. The Kier molecular flexibility index (Phi) is 24.3. The number of aromatic nitrogens is 6. The zero-order chi connectivity index (χ0) is 71.0. The molecule has 13 rings (SSSR count). The number of fused-ring (bicyclic) bond motifs is 6. The second-order valence-electron chi connectivity index (χ2n) is 30.9. The van der Waals surface area contributed by atoms with Crippen molar-refractivity contribution in [2.45, 2.75) is 215 Å². The van der Waals surface area contributed by atoms with E-state index in [1.165, 1.54) is 136 Å². The van der Waals surface area contributed by atoms with E-state index in [4.69, 9.17) is 15.0 Å². The summed E-state index contributed by atoms with van der Waals surface area (Å²) in [4.78, 5) is 14.8. The van der Waals surface area contributed by atoms with Crippen LogP contribution < -0.4 is 0 Å². The van der Waals surface area contributed by atoms with Crippen LogP contribution in [0.25, 0.3) is 84.6 Å². The van der Waals surface area contributed by atoms with E-state index in [1.807, 2.05) is 55.0 Å². The van der Waals surface area contributed by atoms with E-state index < -0.39 is 0 Å². The third-order valence-electron chi connectivity index (χ3n) is 21.2. The minimum Gasteiger partial charge on any atom is -0.340 e. The fourth-order valence-electron chi connectivity index (χ4n) is 15.8. The molecule has 1 aliphatic rings. The van der Waals surface area contributed by atoms with Crippen LogP contribution in [0, 0.1) is 18.2 Å². The molecule has 0 unspecified atom stereocenters. The number of rotatable bonds is 15. The fraction of sp³-hybridized carbons (Fsp3) is 0.344. The van der Waals surface area contributed by atoms with Gasteiger partial charge in [-0.05, 0) is 249 Å². The first-order valence-electron chi connectivity index (χ1n) is 38.5. The number of hydrogen-bond acceptors (Lipinski definition) is 3. The van der Waals surface area contributed by atoms with Crippen molar-refractivity contribution in [1.82, 2.24) is 28.7 Å². The first-order chi connectivity index (χ1) is 49.5. The van der Waals surface area contributed by atoms with Gasteiger partial charge >= 0.3 is 20.1 Å². The van der Waals surface area contributed by atoms with Crippen LogP contribution in [-0.4, -0.2) is 28.7 Å². The van der Waals surface area contributed by atoms with Gasteiger partial charge in [0.05, 0.1) is 17.5 Å². The average Bonchev–Trinajstić information content (AvgIpc) is 1.77. The van der Waals surface area contributed by atoms with Gasteiger partial charge in [0, 0.05) is 54.2 Å².